The molecule has 0 aromatic heterocycles. The second-order valence-electron chi connectivity index (χ2n) is 6.74. The van der Waals surface area contributed by atoms with Gasteiger partial charge in [-0.25, -0.2) is 0 Å². The van der Waals surface area contributed by atoms with Crippen molar-refractivity contribution < 1.29 is 4.43 Å². The highest BCUT2D eigenvalue weighted by Crippen LogP contribution is 2.42. The standard InChI is InChI=1S/C17H30OSi/c1-12(2)19(13(3)4,14(5)6)18-17-10-15(7)9-16(8)11-17/h9-14H,1-8H3. The monoisotopic (exact) mass is 278 g/mol. The molecule has 1 rings (SSSR count). The highest BCUT2D eigenvalue weighted by atomic mass is 28.4. The summed E-state index contributed by atoms with van der Waals surface area (Å²) in [6, 6.07) is 6.57. The van der Waals surface area contributed by atoms with Gasteiger partial charge < -0.3 is 4.43 Å². The van der Waals surface area contributed by atoms with Crippen molar-refractivity contribution in [3.63, 3.8) is 0 Å². The fourth-order valence-corrected chi connectivity index (χ4v) is 8.78. The molecule has 1 nitrogen and oxygen atoms in total. The SMILES string of the molecule is Cc1cc(C)cc(O[Si](C(C)C)(C(C)C)C(C)C)c1. The Morgan fingerprint density at radius 2 is 1.11 bits per heavy atom. The van der Waals surface area contributed by atoms with Crippen LogP contribution < -0.4 is 4.43 Å². The van der Waals surface area contributed by atoms with Crippen LogP contribution in [0, 0.1) is 13.8 Å². The molecular formula is C17H30OSi. The summed E-state index contributed by atoms with van der Waals surface area (Å²) in [5.74, 6) is 1.07. The van der Waals surface area contributed by atoms with Crippen LogP contribution in [0.25, 0.3) is 0 Å². The van der Waals surface area contributed by atoms with Gasteiger partial charge in [0.1, 0.15) is 5.75 Å². The molecule has 0 amide bonds. The molecule has 19 heavy (non-hydrogen) atoms. The molecule has 0 bridgehead atoms. The van der Waals surface area contributed by atoms with Gasteiger partial charge in [-0.2, -0.15) is 0 Å². The molecule has 0 unspecified atom stereocenters. The van der Waals surface area contributed by atoms with Crippen LogP contribution in [0.1, 0.15) is 52.7 Å². The van der Waals surface area contributed by atoms with Crippen LogP contribution in [0.2, 0.25) is 16.6 Å². The number of aryl methyl sites for hydroxylation is 2. The van der Waals surface area contributed by atoms with Crippen LogP contribution >= 0.6 is 0 Å². The van der Waals surface area contributed by atoms with Gasteiger partial charge in [-0.3, -0.25) is 0 Å². The third kappa shape index (κ3) is 3.41. The van der Waals surface area contributed by atoms with Gasteiger partial charge in [0.2, 0.25) is 0 Å². The molecule has 0 atom stereocenters. The lowest BCUT2D eigenvalue weighted by Crippen LogP contribution is -2.50. The zero-order valence-corrected chi connectivity index (χ0v) is 14.9. The molecule has 0 aliphatic carbocycles. The first-order valence-electron chi connectivity index (χ1n) is 7.47. The lowest BCUT2D eigenvalue weighted by molar-refractivity contribution is 0.479. The largest absolute Gasteiger partial charge is 0.543 e. The minimum Gasteiger partial charge on any atom is -0.543 e. The number of rotatable bonds is 5. The van der Waals surface area contributed by atoms with Gasteiger partial charge in [0.15, 0.2) is 0 Å². The minimum atomic E-state index is -1.81. The van der Waals surface area contributed by atoms with Crippen molar-refractivity contribution in [2.24, 2.45) is 0 Å². The lowest BCUT2D eigenvalue weighted by atomic mass is 10.1. The van der Waals surface area contributed by atoms with Crippen LogP contribution in [-0.4, -0.2) is 8.32 Å². The van der Waals surface area contributed by atoms with Gasteiger partial charge in [0, 0.05) is 0 Å². The molecule has 0 aliphatic rings. The number of hydrogen-bond acceptors (Lipinski definition) is 1. The van der Waals surface area contributed by atoms with E-state index >= 15 is 0 Å². The summed E-state index contributed by atoms with van der Waals surface area (Å²) in [6.07, 6.45) is 0. The Morgan fingerprint density at radius 1 is 0.737 bits per heavy atom. The molecule has 108 valence electrons. The van der Waals surface area contributed by atoms with Crippen LogP contribution in [0.3, 0.4) is 0 Å². The third-order valence-electron chi connectivity index (χ3n) is 4.20. The van der Waals surface area contributed by atoms with E-state index in [4.69, 9.17) is 4.43 Å². The maximum Gasteiger partial charge on any atom is 0.258 e. The summed E-state index contributed by atoms with van der Waals surface area (Å²) in [4.78, 5) is 0. The fraction of sp³-hybridized carbons (Fsp3) is 0.647. The van der Waals surface area contributed by atoms with E-state index in [2.05, 4.69) is 73.6 Å². The van der Waals surface area contributed by atoms with Crippen LogP contribution in [0.15, 0.2) is 18.2 Å². The molecule has 0 saturated carbocycles. The lowest BCUT2D eigenvalue weighted by Gasteiger charge is -2.42. The van der Waals surface area contributed by atoms with E-state index in [0.717, 1.165) is 5.75 Å². The van der Waals surface area contributed by atoms with Gasteiger partial charge >= 0.3 is 0 Å². The molecule has 0 heterocycles. The van der Waals surface area contributed by atoms with Crippen LogP contribution in [0.5, 0.6) is 5.75 Å². The van der Waals surface area contributed by atoms with Crippen molar-refractivity contribution in [1.29, 1.82) is 0 Å². The first-order valence-corrected chi connectivity index (χ1v) is 9.61. The van der Waals surface area contributed by atoms with Crippen molar-refractivity contribution in [2.45, 2.75) is 72.0 Å². The smallest absolute Gasteiger partial charge is 0.258 e. The average molecular weight is 279 g/mol. The van der Waals surface area contributed by atoms with E-state index in [1.807, 2.05) is 0 Å². The van der Waals surface area contributed by atoms with Crippen molar-refractivity contribution in [1.82, 2.24) is 0 Å². The molecule has 0 saturated heterocycles. The van der Waals surface area contributed by atoms with Crippen molar-refractivity contribution in [3.8, 4) is 5.75 Å². The molecule has 0 radical (unpaired) electrons. The van der Waals surface area contributed by atoms with E-state index in [0.29, 0.717) is 16.6 Å². The Labute approximate surface area is 120 Å². The zero-order valence-electron chi connectivity index (χ0n) is 13.9. The molecule has 0 N–H and O–H groups in total. The second kappa shape index (κ2) is 6.13. The van der Waals surface area contributed by atoms with E-state index in [9.17, 15) is 0 Å². The Hall–Kier alpha value is -0.763. The summed E-state index contributed by atoms with van der Waals surface area (Å²) in [5, 5.41) is 0. The van der Waals surface area contributed by atoms with Gasteiger partial charge in [-0.05, 0) is 53.7 Å². The van der Waals surface area contributed by atoms with Gasteiger partial charge in [0.25, 0.3) is 8.32 Å². The van der Waals surface area contributed by atoms with E-state index in [1.54, 1.807) is 0 Å². The van der Waals surface area contributed by atoms with Crippen molar-refractivity contribution in [3.05, 3.63) is 29.3 Å². The van der Waals surface area contributed by atoms with Crippen LogP contribution in [-0.2, 0) is 0 Å². The quantitative estimate of drug-likeness (QED) is 0.613. The Balaban J connectivity index is 3.20. The van der Waals surface area contributed by atoms with Crippen LogP contribution in [0.4, 0.5) is 0 Å². The van der Waals surface area contributed by atoms with E-state index in [-0.39, 0.29) is 0 Å². The van der Waals surface area contributed by atoms with E-state index in [1.165, 1.54) is 11.1 Å². The van der Waals surface area contributed by atoms with Crippen molar-refractivity contribution in [2.75, 3.05) is 0 Å². The highest BCUT2D eigenvalue weighted by Gasteiger charge is 2.46. The second-order valence-corrected chi connectivity index (χ2v) is 12.1. The molecule has 1 aromatic carbocycles. The molecule has 0 spiro atoms. The van der Waals surface area contributed by atoms with E-state index < -0.39 is 8.32 Å². The first kappa shape index (κ1) is 16.3. The molecular weight excluding hydrogens is 248 g/mol. The molecule has 0 aliphatic heterocycles. The maximum atomic E-state index is 6.69. The topological polar surface area (TPSA) is 9.23 Å². The molecule has 0 fully saturated rings. The Bertz CT molecular complexity index is 379. The Morgan fingerprint density at radius 3 is 1.42 bits per heavy atom. The van der Waals surface area contributed by atoms with Gasteiger partial charge in [0.05, 0.1) is 0 Å². The Kier molecular flexibility index (Phi) is 5.25. The predicted octanol–water partition coefficient (Wildman–Crippen LogP) is 5.86. The summed E-state index contributed by atoms with van der Waals surface area (Å²) < 4.78 is 6.69. The summed E-state index contributed by atoms with van der Waals surface area (Å²) in [5.41, 5.74) is 4.43. The summed E-state index contributed by atoms with van der Waals surface area (Å²) in [6.45, 7) is 18.3. The normalized spacial score (nSPS) is 12.6. The summed E-state index contributed by atoms with van der Waals surface area (Å²) in [7, 11) is -1.81. The maximum absolute atomic E-state index is 6.69. The summed E-state index contributed by atoms with van der Waals surface area (Å²) >= 11 is 0. The zero-order chi connectivity index (χ0) is 14.8. The minimum absolute atomic E-state index is 0.619. The van der Waals surface area contributed by atoms with Crippen molar-refractivity contribution >= 4 is 8.32 Å². The first-order chi connectivity index (χ1) is 8.70. The van der Waals surface area contributed by atoms with Gasteiger partial charge in [-0.15, -0.1) is 0 Å². The number of benzene rings is 1. The highest BCUT2D eigenvalue weighted by molar-refractivity contribution is 6.78. The molecule has 2 heteroatoms. The average Bonchev–Trinajstić information content (AvgIpc) is 2.22. The van der Waals surface area contributed by atoms with Gasteiger partial charge in [-0.1, -0.05) is 47.6 Å². The fourth-order valence-electron chi connectivity index (χ4n) is 3.55. The molecule has 1 aromatic rings. The third-order valence-corrected chi connectivity index (χ3v) is 10.2. The number of hydrogen-bond donors (Lipinski definition) is 0. The predicted molar refractivity (Wildman–Crippen MR) is 87.6 cm³/mol.